The van der Waals surface area contributed by atoms with E-state index in [1.807, 2.05) is 4.68 Å². The highest BCUT2D eigenvalue weighted by Gasteiger charge is 2.22. The molecule has 1 aliphatic carbocycles. The van der Waals surface area contributed by atoms with Crippen LogP contribution < -0.4 is 5.73 Å². The zero-order valence-corrected chi connectivity index (χ0v) is 12.9. The molecule has 5 nitrogen and oxygen atoms in total. The zero-order valence-electron chi connectivity index (χ0n) is 10.6. The summed E-state index contributed by atoms with van der Waals surface area (Å²) < 4.78 is 1.89. The summed E-state index contributed by atoms with van der Waals surface area (Å²) in [6.45, 7) is 0. The summed E-state index contributed by atoms with van der Waals surface area (Å²) in [4.78, 5) is 0.813. The summed E-state index contributed by atoms with van der Waals surface area (Å²) >= 11 is 13.4. The van der Waals surface area contributed by atoms with Gasteiger partial charge in [-0.15, -0.1) is 5.10 Å². The third-order valence-corrected chi connectivity index (χ3v) is 5.13. The van der Waals surface area contributed by atoms with Gasteiger partial charge < -0.3 is 5.73 Å². The van der Waals surface area contributed by atoms with Crippen LogP contribution in [0.2, 0.25) is 10.0 Å². The normalized spacial score (nSPS) is 15.9. The standard InChI is InChI=1S/C12H13Cl2N5S/c13-8-5-10(15)11(6-9(8)14)20-12-16-17-18-19(12)7-3-1-2-4-7/h5-7H,1-4,15H2. The van der Waals surface area contributed by atoms with Crippen molar-refractivity contribution in [2.75, 3.05) is 5.73 Å². The fourth-order valence-electron chi connectivity index (χ4n) is 2.36. The van der Waals surface area contributed by atoms with Gasteiger partial charge in [0.25, 0.3) is 0 Å². The molecule has 0 aliphatic heterocycles. The van der Waals surface area contributed by atoms with Crippen LogP contribution in [0.4, 0.5) is 5.69 Å². The molecule has 1 aliphatic rings. The second-order valence-corrected chi connectivity index (χ2v) is 6.57. The molecule has 1 fully saturated rings. The number of nitrogens with zero attached hydrogens (tertiary/aromatic N) is 4. The molecule has 0 unspecified atom stereocenters. The van der Waals surface area contributed by atoms with Crippen LogP contribution >= 0.6 is 35.0 Å². The molecule has 1 aromatic carbocycles. The quantitative estimate of drug-likeness (QED) is 0.866. The molecule has 20 heavy (non-hydrogen) atoms. The first kappa shape index (κ1) is 14.0. The van der Waals surface area contributed by atoms with E-state index in [-0.39, 0.29) is 0 Å². The monoisotopic (exact) mass is 329 g/mol. The van der Waals surface area contributed by atoms with E-state index in [4.69, 9.17) is 28.9 Å². The lowest BCUT2D eigenvalue weighted by molar-refractivity contribution is 0.423. The summed E-state index contributed by atoms with van der Waals surface area (Å²) in [6, 6.07) is 3.78. The minimum Gasteiger partial charge on any atom is -0.398 e. The van der Waals surface area contributed by atoms with Crippen LogP contribution in [0.5, 0.6) is 0 Å². The number of nitrogens with two attached hydrogens (primary N) is 1. The maximum atomic E-state index is 6.03. The van der Waals surface area contributed by atoms with E-state index < -0.39 is 0 Å². The number of rotatable bonds is 3. The smallest absolute Gasteiger partial charge is 0.214 e. The Bertz CT molecular complexity index is 624. The first-order valence-corrected chi connectivity index (χ1v) is 7.92. The molecule has 0 atom stereocenters. The lowest BCUT2D eigenvalue weighted by Crippen LogP contribution is -2.08. The molecule has 1 heterocycles. The molecule has 0 bridgehead atoms. The van der Waals surface area contributed by atoms with E-state index in [0.717, 1.165) is 22.9 Å². The molecule has 8 heteroatoms. The van der Waals surface area contributed by atoms with E-state index in [1.165, 1.54) is 24.6 Å². The number of halogens is 2. The molecule has 1 saturated carbocycles. The summed E-state index contributed by atoms with van der Waals surface area (Å²) in [6.07, 6.45) is 4.69. The van der Waals surface area contributed by atoms with Crippen LogP contribution in [-0.2, 0) is 0 Å². The van der Waals surface area contributed by atoms with Gasteiger partial charge in [-0.3, -0.25) is 0 Å². The van der Waals surface area contributed by atoms with Crippen LogP contribution in [0, 0.1) is 0 Å². The number of nitrogen functional groups attached to an aromatic ring is 1. The summed E-state index contributed by atoms with van der Waals surface area (Å²) in [7, 11) is 0. The Kier molecular flexibility index (Phi) is 4.05. The van der Waals surface area contributed by atoms with Gasteiger partial charge in [0.2, 0.25) is 5.16 Å². The van der Waals surface area contributed by atoms with Gasteiger partial charge in [0.05, 0.1) is 16.1 Å². The van der Waals surface area contributed by atoms with Crippen LogP contribution in [-0.4, -0.2) is 20.2 Å². The second kappa shape index (κ2) is 5.79. The predicted octanol–water partition coefficient (Wildman–Crippen LogP) is 3.83. The topological polar surface area (TPSA) is 69.6 Å². The number of anilines is 1. The number of aromatic nitrogens is 4. The van der Waals surface area contributed by atoms with Crippen molar-refractivity contribution in [1.29, 1.82) is 0 Å². The number of benzene rings is 1. The van der Waals surface area contributed by atoms with E-state index in [2.05, 4.69) is 15.5 Å². The first-order valence-electron chi connectivity index (χ1n) is 6.35. The molecule has 0 spiro atoms. The molecular formula is C12H13Cl2N5S. The summed E-state index contributed by atoms with van der Waals surface area (Å²) in [5.41, 5.74) is 6.54. The van der Waals surface area contributed by atoms with Gasteiger partial charge in [0, 0.05) is 10.6 Å². The van der Waals surface area contributed by atoms with Gasteiger partial charge in [-0.05, 0) is 47.2 Å². The van der Waals surface area contributed by atoms with Gasteiger partial charge >= 0.3 is 0 Å². The maximum absolute atomic E-state index is 6.03. The van der Waals surface area contributed by atoms with Gasteiger partial charge in [-0.25, -0.2) is 4.68 Å². The highest BCUT2D eigenvalue weighted by atomic mass is 35.5. The van der Waals surface area contributed by atoms with Crippen LogP contribution in [0.25, 0.3) is 0 Å². The zero-order chi connectivity index (χ0) is 14.1. The largest absolute Gasteiger partial charge is 0.398 e. The minimum atomic E-state index is 0.386. The Morgan fingerprint density at radius 3 is 2.65 bits per heavy atom. The Morgan fingerprint density at radius 2 is 1.90 bits per heavy atom. The molecular weight excluding hydrogens is 317 g/mol. The number of hydrogen-bond donors (Lipinski definition) is 1. The SMILES string of the molecule is Nc1cc(Cl)c(Cl)cc1Sc1nnnn1C1CCCC1. The minimum absolute atomic E-state index is 0.386. The average Bonchev–Trinajstić information content (AvgIpc) is 3.06. The third kappa shape index (κ3) is 2.73. The van der Waals surface area contributed by atoms with Crippen molar-refractivity contribution >= 4 is 40.7 Å². The summed E-state index contributed by atoms with van der Waals surface area (Å²) in [5, 5.41) is 13.6. The third-order valence-electron chi connectivity index (χ3n) is 3.39. The maximum Gasteiger partial charge on any atom is 0.214 e. The van der Waals surface area contributed by atoms with Crippen molar-refractivity contribution in [2.45, 2.75) is 41.8 Å². The van der Waals surface area contributed by atoms with E-state index >= 15 is 0 Å². The predicted molar refractivity (Wildman–Crippen MR) is 80.3 cm³/mol. The molecule has 0 amide bonds. The van der Waals surface area contributed by atoms with E-state index in [1.54, 1.807) is 12.1 Å². The van der Waals surface area contributed by atoms with Gasteiger partial charge in [0.1, 0.15) is 0 Å². The number of tetrazole rings is 1. The van der Waals surface area contributed by atoms with Crippen molar-refractivity contribution in [3.8, 4) is 0 Å². The highest BCUT2D eigenvalue weighted by molar-refractivity contribution is 7.99. The molecule has 106 valence electrons. The molecule has 0 radical (unpaired) electrons. The van der Waals surface area contributed by atoms with Crippen LogP contribution in [0.15, 0.2) is 22.2 Å². The lowest BCUT2D eigenvalue weighted by Gasteiger charge is -2.11. The molecule has 2 N–H and O–H groups in total. The lowest BCUT2D eigenvalue weighted by atomic mass is 10.3. The Hall–Kier alpha value is -0.980. The Balaban J connectivity index is 1.88. The van der Waals surface area contributed by atoms with Crippen molar-refractivity contribution in [3.63, 3.8) is 0 Å². The van der Waals surface area contributed by atoms with Gasteiger partial charge in [-0.2, -0.15) is 0 Å². The average molecular weight is 330 g/mol. The first-order chi connectivity index (χ1) is 9.65. The summed E-state index contributed by atoms with van der Waals surface area (Å²) in [5.74, 6) is 0. The molecule has 2 aromatic rings. The van der Waals surface area contributed by atoms with Crippen molar-refractivity contribution in [2.24, 2.45) is 0 Å². The molecule has 1 aromatic heterocycles. The van der Waals surface area contributed by atoms with Crippen molar-refractivity contribution in [1.82, 2.24) is 20.2 Å². The van der Waals surface area contributed by atoms with Crippen LogP contribution in [0.3, 0.4) is 0 Å². The Labute approximate surface area is 130 Å². The fraction of sp³-hybridized carbons (Fsp3) is 0.417. The van der Waals surface area contributed by atoms with Crippen LogP contribution in [0.1, 0.15) is 31.7 Å². The van der Waals surface area contributed by atoms with E-state index in [0.29, 0.717) is 21.8 Å². The number of hydrogen-bond acceptors (Lipinski definition) is 5. The second-order valence-electron chi connectivity index (χ2n) is 4.75. The van der Waals surface area contributed by atoms with Crippen molar-refractivity contribution in [3.05, 3.63) is 22.2 Å². The van der Waals surface area contributed by atoms with Gasteiger partial charge in [-0.1, -0.05) is 36.0 Å². The Morgan fingerprint density at radius 1 is 1.20 bits per heavy atom. The van der Waals surface area contributed by atoms with E-state index in [9.17, 15) is 0 Å². The molecule has 3 rings (SSSR count). The fourth-order valence-corrected chi connectivity index (χ4v) is 3.67. The highest BCUT2D eigenvalue weighted by Crippen LogP contribution is 2.38. The molecule has 0 saturated heterocycles. The van der Waals surface area contributed by atoms with Crippen molar-refractivity contribution < 1.29 is 0 Å². The van der Waals surface area contributed by atoms with Gasteiger partial charge in [0.15, 0.2) is 0 Å².